The van der Waals surface area contributed by atoms with Gasteiger partial charge >= 0.3 is 5.97 Å². The van der Waals surface area contributed by atoms with Crippen LogP contribution in [0.5, 0.6) is 0 Å². The van der Waals surface area contributed by atoms with Gasteiger partial charge in [0.15, 0.2) is 0 Å². The molecule has 0 fully saturated rings. The summed E-state index contributed by atoms with van der Waals surface area (Å²) in [5.74, 6) is 0.808. The van der Waals surface area contributed by atoms with E-state index in [0.29, 0.717) is 19.6 Å². The average molecular weight is 447 g/mol. The largest absolute Gasteiger partial charge is 0.494 e. The third-order valence-electron chi connectivity index (χ3n) is 4.50. The Morgan fingerprint density at radius 2 is 2.20 bits per heavy atom. The van der Waals surface area contributed by atoms with Crippen LogP contribution in [0.15, 0.2) is 70.7 Å². The van der Waals surface area contributed by atoms with Gasteiger partial charge in [0, 0.05) is 16.3 Å². The molecule has 1 aromatic carbocycles. The van der Waals surface area contributed by atoms with Crippen molar-refractivity contribution in [2.45, 2.75) is 56.8 Å². The first kappa shape index (κ1) is 24.4. The zero-order valence-corrected chi connectivity index (χ0v) is 19.3. The maximum atomic E-state index is 11.5. The predicted octanol–water partition coefficient (Wildman–Crippen LogP) is 7.42. The van der Waals surface area contributed by atoms with Crippen molar-refractivity contribution in [3.63, 3.8) is 0 Å². The molecular formula is C25H31ClO3S. The van der Waals surface area contributed by atoms with Crippen molar-refractivity contribution in [1.82, 2.24) is 0 Å². The maximum Gasteiger partial charge on any atom is 0.305 e. The summed E-state index contributed by atoms with van der Waals surface area (Å²) in [6, 6.07) is 6.17. The van der Waals surface area contributed by atoms with Crippen molar-refractivity contribution in [2.24, 2.45) is 0 Å². The van der Waals surface area contributed by atoms with Crippen LogP contribution in [-0.2, 0) is 20.7 Å². The maximum absolute atomic E-state index is 11.5. The molecule has 0 atom stereocenters. The molecule has 3 nitrogen and oxygen atoms in total. The molecule has 1 aliphatic rings. The molecule has 0 unspecified atom stereocenters. The summed E-state index contributed by atoms with van der Waals surface area (Å²) in [6.07, 6.45) is 16.1. The second-order valence-electron chi connectivity index (χ2n) is 6.92. The van der Waals surface area contributed by atoms with Gasteiger partial charge in [-0.05, 0) is 80.2 Å². The molecule has 1 aliphatic carbocycles. The number of hydrogen-bond donors (Lipinski definition) is 0. The van der Waals surface area contributed by atoms with Gasteiger partial charge in [0.05, 0.1) is 13.2 Å². The van der Waals surface area contributed by atoms with Gasteiger partial charge in [-0.15, -0.1) is 0 Å². The number of thioether (sulfide) groups is 1. The van der Waals surface area contributed by atoms with Crippen molar-refractivity contribution < 1.29 is 14.3 Å². The smallest absolute Gasteiger partial charge is 0.305 e. The van der Waals surface area contributed by atoms with Crippen LogP contribution >= 0.6 is 23.4 Å². The van der Waals surface area contributed by atoms with E-state index in [2.05, 4.69) is 36.9 Å². The molecule has 162 valence electrons. The lowest BCUT2D eigenvalue weighted by Crippen LogP contribution is -2.04. The number of allylic oxidation sites excluding steroid dienone is 6. The fourth-order valence-corrected chi connectivity index (χ4v) is 4.36. The Morgan fingerprint density at radius 1 is 1.33 bits per heavy atom. The molecule has 0 heterocycles. The third-order valence-corrected chi connectivity index (χ3v) is 5.93. The Morgan fingerprint density at radius 3 is 2.97 bits per heavy atom. The molecule has 1 aromatic rings. The summed E-state index contributed by atoms with van der Waals surface area (Å²) >= 11 is 8.21. The molecule has 0 radical (unpaired) electrons. The lowest BCUT2D eigenvalue weighted by atomic mass is 10.1. The first-order valence-electron chi connectivity index (χ1n) is 10.6. The molecule has 0 saturated carbocycles. The SMILES string of the molecule is C=C/C=C\CCCOC1=CCCC(Sc2ccc(CCCC(=O)OCC)c(Cl)c2)=C1. The van der Waals surface area contributed by atoms with Gasteiger partial charge < -0.3 is 9.47 Å². The number of hydrogen-bond acceptors (Lipinski definition) is 4. The molecule has 0 saturated heterocycles. The number of unbranched alkanes of at least 4 members (excludes halogenated alkanes) is 1. The van der Waals surface area contributed by atoms with Gasteiger partial charge in [0.2, 0.25) is 0 Å². The van der Waals surface area contributed by atoms with Crippen LogP contribution in [0.1, 0.15) is 51.0 Å². The molecular weight excluding hydrogens is 416 g/mol. The third kappa shape index (κ3) is 9.27. The molecule has 0 bridgehead atoms. The monoisotopic (exact) mass is 446 g/mol. The minimum Gasteiger partial charge on any atom is -0.494 e. The van der Waals surface area contributed by atoms with E-state index in [1.54, 1.807) is 17.8 Å². The minimum atomic E-state index is -0.149. The zero-order chi connectivity index (χ0) is 21.6. The van der Waals surface area contributed by atoms with Crippen LogP contribution in [0.3, 0.4) is 0 Å². The first-order valence-corrected chi connectivity index (χ1v) is 11.7. The molecule has 0 N–H and O–H groups in total. The van der Waals surface area contributed by atoms with Crippen molar-refractivity contribution in [2.75, 3.05) is 13.2 Å². The molecule has 2 rings (SSSR count). The first-order chi connectivity index (χ1) is 14.6. The van der Waals surface area contributed by atoms with E-state index in [-0.39, 0.29) is 5.97 Å². The molecule has 5 heteroatoms. The van der Waals surface area contributed by atoms with Crippen molar-refractivity contribution in [3.05, 3.63) is 76.4 Å². The summed E-state index contributed by atoms with van der Waals surface area (Å²) in [5, 5.41) is 0.750. The number of benzene rings is 1. The highest BCUT2D eigenvalue weighted by Crippen LogP contribution is 2.35. The van der Waals surface area contributed by atoms with Crippen molar-refractivity contribution in [3.8, 4) is 0 Å². The molecule has 0 amide bonds. The van der Waals surface area contributed by atoms with Crippen LogP contribution in [0.2, 0.25) is 5.02 Å². The Labute approximate surface area is 189 Å². The quantitative estimate of drug-likeness (QED) is 0.179. The Bertz CT molecular complexity index is 796. The van der Waals surface area contributed by atoms with E-state index in [4.69, 9.17) is 21.1 Å². The summed E-state index contributed by atoms with van der Waals surface area (Å²) in [5.41, 5.74) is 1.07. The topological polar surface area (TPSA) is 35.5 Å². The Kier molecular flexibility index (Phi) is 11.5. The highest BCUT2D eigenvalue weighted by Gasteiger charge is 2.10. The van der Waals surface area contributed by atoms with Crippen LogP contribution in [-0.4, -0.2) is 19.2 Å². The summed E-state index contributed by atoms with van der Waals surface area (Å²) in [7, 11) is 0. The normalized spacial score (nSPS) is 13.7. The van der Waals surface area contributed by atoms with Gasteiger partial charge in [0.25, 0.3) is 0 Å². The summed E-state index contributed by atoms with van der Waals surface area (Å²) < 4.78 is 10.9. The number of rotatable bonds is 13. The summed E-state index contributed by atoms with van der Waals surface area (Å²) in [4.78, 5) is 13.9. The fraction of sp³-hybridized carbons (Fsp3) is 0.400. The van der Waals surface area contributed by atoms with Gasteiger partial charge in [-0.3, -0.25) is 4.79 Å². The van der Waals surface area contributed by atoms with E-state index in [9.17, 15) is 4.79 Å². The van der Waals surface area contributed by atoms with Crippen LogP contribution < -0.4 is 0 Å². The molecule has 0 aliphatic heterocycles. The second-order valence-corrected chi connectivity index (χ2v) is 8.53. The molecule has 0 aromatic heterocycles. The van der Waals surface area contributed by atoms with Gasteiger partial charge in [0.1, 0.15) is 5.76 Å². The second kappa shape index (κ2) is 14.2. The predicted molar refractivity (Wildman–Crippen MR) is 127 cm³/mol. The number of halogens is 1. The van der Waals surface area contributed by atoms with E-state index in [1.807, 2.05) is 19.1 Å². The van der Waals surface area contributed by atoms with E-state index >= 15 is 0 Å². The van der Waals surface area contributed by atoms with Crippen molar-refractivity contribution >= 4 is 29.3 Å². The average Bonchev–Trinajstić information content (AvgIpc) is 2.73. The summed E-state index contributed by atoms with van der Waals surface area (Å²) in [6.45, 7) is 6.63. The van der Waals surface area contributed by atoms with Crippen LogP contribution in [0, 0.1) is 0 Å². The lowest BCUT2D eigenvalue weighted by molar-refractivity contribution is -0.143. The van der Waals surface area contributed by atoms with E-state index in [0.717, 1.165) is 59.8 Å². The highest BCUT2D eigenvalue weighted by atomic mass is 35.5. The number of carbonyl (C=O) groups is 1. The minimum absolute atomic E-state index is 0.149. The number of ether oxygens (including phenoxy) is 2. The van der Waals surface area contributed by atoms with Gasteiger partial charge in [-0.1, -0.05) is 54.2 Å². The number of carbonyl (C=O) groups excluding carboxylic acids is 1. The number of aryl methyl sites for hydroxylation is 1. The van der Waals surface area contributed by atoms with Crippen LogP contribution in [0.25, 0.3) is 0 Å². The zero-order valence-electron chi connectivity index (χ0n) is 17.7. The Balaban J connectivity index is 1.82. The Hall–Kier alpha value is -1.91. The number of esters is 1. The van der Waals surface area contributed by atoms with Crippen molar-refractivity contribution in [1.29, 1.82) is 0 Å². The fourth-order valence-electron chi connectivity index (χ4n) is 3.01. The standard InChI is InChI=1S/C25H31ClO3S/c1-3-5-6-7-8-17-29-21-12-10-13-22(18-21)30-23-16-15-20(24(26)19-23)11-9-14-25(27)28-4-2/h3,5-6,12,15-16,18-19H,1,4,7-11,13-14,17H2,2H3/b6-5-. The van der Waals surface area contributed by atoms with Crippen LogP contribution in [0.4, 0.5) is 0 Å². The lowest BCUT2D eigenvalue weighted by Gasteiger charge is -2.15. The van der Waals surface area contributed by atoms with Gasteiger partial charge in [-0.2, -0.15) is 0 Å². The molecule has 30 heavy (non-hydrogen) atoms. The van der Waals surface area contributed by atoms with Gasteiger partial charge in [-0.25, -0.2) is 0 Å². The highest BCUT2D eigenvalue weighted by molar-refractivity contribution is 8.03. The van der Waals surface area contributed by atoms with E-state index in [1.165, 1.54) is 4.91 Å². The van der Waals surface area contributed by atoms with E-state index < -0.39 is 0 Å². The molecule has 0 spiro atoms.